The van der Waals surface area contributed by atoms with E-state index in [1.165, 1.54) is 12.1 Å². The number of hydrogen-bond acceptors (Lipinski definition) is 4. The number of anilines is 1. The number of rotatable bonds is 4. The van der Waals surface area contributed by atoms with Crippen molar-refractivity contribution in [3.8, 4) is 0 Å². The van der Waals surface area contributed by atoms with Crippen LogP contribution in [0.1, 0.15) is 6.42 Å². The van der Waals surface area contributed by atoms with E-state index in [2.05, 4.69) is 9.80 Å². The SMILES string of the molecule is O=C(CCN1CCOCC1)N1CCN(c2ccc(F)cc2)CC1. The van der Waals surface area contributed by atoms with Crippen molar-refractivity contribution >= 4 is 11.6 Å². The third kappa shape index (κ3) is 4.42. The molecule has 2 saturated heterocycles. The zero-order chi connectivity index (χ0) is 16.1. The Balaban J connectivity index is 1.42. The van der Waals surface area contributed by atoms with Crippen LogP contribution in [0, 0.1) is 5.82 Å². The lowest BCUT2D eigenvalue weighted by molar-refractivity contribution is -0.132. The first-order valence-corrected chi connectivity index (χ1v) is 8.31. The number of halogens is 1. The molecule has 1 aromatic carbocycles. The Hall–Kier alpha value is -1.66. The molecule has 0 radical (unpaired) electrons. The van der Waals surface area contributed by atoms with Gasteiger partial charge in [-0.15, -0.1) is 0 Å². The first kappa shape index (κ1) is 16.2. The van der Waals surface area contributed by atoms with E-state index in [0.29, 0.717) is 6.42 Å². The lowest BCUT2D eigenvalue weighted by Gasteiger charge is -2.36. The normalized spacial score (nSPS) is 19.9. The van der Waals surface area contributed by atoms with Crippen molar-refractivity contribution in [2.24, 2.45) is 0 Å². The van der Waals surface area contributed by atoms with Crippen LogP contribution in [0.4, 0.5) is 10.1 Å². The van der Waals surface area contributed by atoms with Crippen LogP contribution in [0.3, 0.4) is 0 Å². The molecule has 2 heterocycles. The second kappa shape index (κ2) is 7.75. The van der Waals surface area contributed by atoms with Gasteiger partial charge in [-0.3, -0.25) is 9.69 Å². The fourth-order valence-corrected chi connectivity index (χ4v) is 3.10. The van der Waals surface area contributed by atoms with Crippen molar-refractivity contribution in [1.82, 2.24) is 9.80 Å². The minimum Gasteiger partial charge on any atom is -0.379 e. The molecule has 1 amide bonds. The maximum atomic E-state index is 13.0. The summed E-state index contributed by atoms with van der Waals surface area (Å²) in [7, 11) is 0. The van der Waals surface area contributed by atoms with Gasteiger partial charge in [-0.1, -0.05) is 0 Å². The van der Waals surface area contributed by atoms with E-state index in [9.17, 15) is 9.18 Å². The smallest absolute Gasteiger partial charge is 0.223 e. The van der Waals surface area contributed by atoms with Crippen LogP contribution < -0.4 is 4.90 Å². The molecule has 126 valence electrons. The molecule has 23 heavy (non-hydrogen) atoms. The summed E-state index contributed by atoms with van der Waals surface area (Å²) in [6, 6.07) is 6.56. The number of carbonyl (C=O) groups excluding carboxylic acids is 1. The topological polar surface area (TPSA) is 36.0 Å². The molecule has 0 spiro atoms. The summed E-state index contributed by atoms with van der Waals surface area (Å²) < 4.78 is 18.3. The minimum atomic E-state index is -0.217. The summed E-state index contributed by atoms with van der Waals surface area (Å²) in [5, 5.41) is 0. The van der Waals surface area contributed by atoms with E-state index < -0.39 is 0 Å². The Morgan fingerprint density at radius 1 is 1.00 bits per heavy atom. The van der Waals surface area contributed by atoms with Gasteiger partial charge >= 0.3 is 0 Å². The van der Waals surface area contributed by atoms with Gasteiger partial charge in [0.05, 0.1) is 13.2 Å². The molecule has 0 bridgehead atoms. The fourth-order valence-electron chi connectivity index (χ4n) is 3.10. The molecule has 2 fully saturated rings. The molecule has 0 N–H and O–H groups in total. The first-order chi connectivity index (χ1) is 11.2. The van der Waals surface area contributed by atoms with Gasteiger partial charge in [-0.05, 0) is 24.3 Å². The summed E-state index contributed by atoms with van der Waals surface area (Å²) in [5.41, 5.74) is 1.02. The summed E-state index contributed by atoms with van der Waals surface area (Å²) in [5.74, 6) is 0.0147. The quantitative estimate of drug-likeness (QED) is 0.835. The lowest BCUT2D eigenvalue weighted by atomic mass is 10.2. The Morgan fingerprint density at radius 2 is 1.65 bits per heavy atom. The highest BCUT2D eigenvalue weighted by atomic mass is 19.1. The van der Waals surface area contributed by atoms with Crippen molar-refractivity contribution in [2.75, 3.05) is 63.9 Å². The second-order valence-electron chi connectivity index (χ2n) is 6.05. The molecule has 2 aliphatic heterocycles. The predicted molar refractivity (Wildman–Crippen MR) is 87.1 cm³/mol. The first-order valence-electron chi connectivity index (χ1n) is 8.31. The van der Waals surface area contributed by atoms with E-state index in [-0.39, 0.29) is 11.7 Å². The average molecular weight is 321 g/mol. The number of piperazine rings is 1. The summed E-state index contributed by atoms with van der Waals surface area (Å²) in [6.07, 6.45) is 0.580. The predicted octanol–water partition coefficient (Wildman–Crippen LogP) is 1.20. The standard InChI is InChI=1S/C17H24FN3O2/c18-15-1-3-16(4-2-15)20-7-9-21(10-8-20)17(22)5-6-19-11-13-23-14-12-19/h1-4H,5-14H2. The molecule has 0 aliphatic carbocycles. The van der Waals surface area contributed by atoms with Crippen molar-refractivity contribution in [3.63, 3.8) is 0 Å². The molecule has 6 heteroatoms. The third-order valence-corrected chi connectivity index (χ3v) is 4.57. The van der Waals surface area contributed by atoms with E-state index in [1.807, 2.05) is 4.90 Å². The van der Waals surface area contributed by atoms with Gasteiger partial charge in [0.25, 0.3) is 0 Å². The van der Waals surface area contributed by atoms with E-state index >= 15 is 0 Å². The highest BCUT2D eigenvalue weighted by Gasteiger charge is 2.22. The zero-order valence-corrected chi connectivity index (χ0v) is 13.4. The van der Waals surface area contributed by atoms with Gasteiger partial charge < -0.3 is 14.5 Å². The molecule has 0 unspecified atom stereocenters. The molecule has 0 aromatic heterocycles. The molecule has 0 atom stereocenters. The Bertz CT molecular complexity index is 509. The number of amides is 1. The van der Waals surface area contributed by atoms with Crippen molar-refractivity contribution in [1.29, 1.82) is 0 Å². The van der Waals surface area contributed by atoms with E-state index in [1.54, 1.807) is 12.1 Å². The lowest BCUT2D eigenvalue weighted by Crippen LogP contribution is -2.49. The summed E-state index contributed by atoms with van der Waals surface area (Å²) >= 11 is 0. The van der Waals surface area contributed by atoms with Gasteiger partial charge in [0.2, 0.25) is 5.91 Å². The number of ether oxygens (including phenoxy) is 1. The number of nitrogens with zero attached hydrogens (tertiary/aromatic N) is 3. The van der Waals surface area contributed by atoms with Gasteiger partial charge in [-0.25, -0.2) is 4.39 Å². The van der Waals surface area contributed by atoms with Crippen LogP contribution in [0.2, 0.25) is 0 Å². The maximum absolute atomic E-state index is 13.0. The Labute approximate surface area is 136 Å². The average Bonchev–Trinajstić information content (AvgIpc) is 2.61. The minimum absolute atomic E-state index is 0.217. The number of benzene rings is 1. The van der Waals surface area contributed by atoms with Crippen LogP contribution in [0.5, 0.6) is 0 Å². The van der Waals surface area contributed by atoms with Gasteiger partial charge in [-0.2, -0.15) is 0 Å². The molecule has 0 saturated carbocycles. The van der Waals surface area contributed by atoms with Crippen LogP contribution in [-0.4, -0.2) is 74.7 Å². The third-order valence-electron chi connectivity index (χ3n) is 4.57. The second-order valence-corrected chi connectivity index (χ2v) is 6.05. The number of morpholine rings is 1. The monoisotopic (exact) mass is 321 g/mol. The highest BCUT2D eigenvalue weighted by Crippen LogP contribution is 2.17. The van der Waals surface area contributed by atoms with Gasteiger partial charge in [0, 0.05) is 57.9 Å². The van der Waals surface area contributed by atoms with Gasteiger partial charge in [0.15, 0.2) is 0 Å². The maximum Gasteiger partial charge on any atom is 0.223 e. The van der Waals surface area contributed by atoms with E-state index in [0.717, 1.165) is 64.7 Å². The van der Waals surface area contributed by atoms with Crippen molar-refractivity contribution in [2.45, 2.75) is 6.42 Å². The van der Waals surface area contributed by atoms with Gasteiger partial charge in [0.1, 0.15) is 5.82 Å². The zero-order valence-electron chi connectivity index (χ0n) is 13.4. The largest absolute Gasteiger partial charge is 0.379 e. The molecular weight excluding hydrogens is 297 g/mol. The number of hydrogen-bond donors (Lipinski definition) is 0. The van der Waals surface area contributed by atoms with Crippen LogP contribution in [-0.2, 0) is 9.53 Å². The van der Waals surface area contributed by atoms with E-state index in [4.69, 9.17) is 4.74 Å². The highest BCUT2D eigenvalue weighted by molar-refractivity contribution is 5.76. The van der Waals surface area contributed by atoms with Crippen LogP contribution in [0.25, 0.3) is 0 Å². The van der Waals surface area contributed by atoms with Crippen LogP contribution in [0.15, 0.2) is 24.3 Å². The van der Waals surface area contributed by atoms with Crippen molar-refractivity contribution in [3.05, 3.63) is 30.1 Å². The molecule has 1 aromatic rings. The van der Waals surface area contributed by atoms with Crippen molar-refractivity contribution < 1.29 is 13.9 Å². The molecule has 5 nitrogen and oxygen atoms in total. The summed E-state index contributed by atoms with van der Waals surface area (Å²) in [4.78, 5) is 18.8. The fraction of sp³-hybridized carbons (Fsp3) is 0.588. The molecule has 3 rings (SSSR count). The Kier molecular flexibility index (Phi) is 5.46. The molecule has 2 aliphatic rings. The number of carbonyl (C=O) groups is 1. The molecular formula is C17H24FN3O2. The summed E-state index contributed by atoms with van der Waals surface area (Å²) in [6.45, 7) is 7.27. The van der Waals surface area contributed by atoms with Crippen LogP contribution >= 0.6 is 0 Å². The Morgan fingerprint density at radius 3 is 2.30 bits per heavy atom.